The predicted octanol–water partition coefficient (Wildman–Crippen LogP) is -0.658. The van der Waals surface area contributed by atoms with Crippen LogP contribution in [0.1, 0.15) is 25.7 Å². The van der Waals surface area contributed by atoms with E-state index < -0.39 is 0 Å². The molecule has 1 aromatic rings. The van der Waals surface area contributed by atoms with Gasteiger partial charge in [0.25, 0.3) is 0 Å². The Morgan fingerprint density at radius 1 is 1.47 bits per heavy atom. The third kappa shape index (κ3) is 3.00. The first-order valence-electron chi connectivity index (χ1n) is 5.82. The van der Waals surface area contributed by atoms with Crippen LogP contribution < -0.4 is 5.32 Å². The Kier molecular flexibility index (Phi) is 3.68. The second-order valence-electron chi connectivity index (χ2n) is 4.65. The molecule has 0 saturated heterocycles. The number of rotatable bonds is 5. The summed E-state index contributed by atoms with van der Waals surface area (Å²) in [4.78, 5) is 11.6. The quantitative estimate of drug-likeness (QED) is 0.711. The zero-order chi connectivity index (χ0) is 12.1. The number of nitrogens with zero attached hydrogens (tertiary/aromatic N) is 4. The lowest BCUT2D eigenvalue weighted by molar-refractivity contribution is -0.122. The van der Waals surface area contributed by atoms with Gasteiger partial charge < -0.3 is 10.4 Å². The van der Waals surface area contributed by atoms with E-state index in [1.54, 1.807) is 0 Å². The van der Waals surface area contributed by atoms with Crippen LogP contribution in [0.5, 0.6) is 0 Å². The fraction of sp³-hybridized carbons (Fsp3) is 0.800. The molecule has 0 aromatic carbocycles. The van der Waals surface area contributed by atoms with Crippen molar-refractivity contribution >= 4 is 5.91 Å². The van der Waals surface area contributed by atoms with Gasteiger partial charge in [0, 0.05) is 12.0 Å². The molecule has 1 heterocycles. The molecule has 0 spiro atoms. The summed E-state index contributed by atoms with van der Waals surface area (Å²) in [5.41, 5.74) is -0.115. The Morgan fingerprint density at radius 3 is 2.82 bits per heavy atom. The topological polar surface area (TPSA) is 92.9 Å². The van der Waals surface area contributed by atoms with Crippen molar-refractivity contribution in [2.24, 2.45) is 5.41 Å². The molecule has 94 valence electrons. The Balaban J connectivity index is 1.79. The van der Waals surface area contributed by atoms with E-state index in [4.69, 9.17) is 0 Å². The van der Waals surface area contributed by atoms with Crippen molar-refractivity contribution in [3.8, 4) is 0 Å². The summed E-state index contributed by atoms with van der Waals surface area (Å²) in [6.45, 7) is 0.789. The van der Waals surface area contributed by atoms with E-state index in [2.05, 4.69) is 20.8 Å². The maximum absolute atomic E-state index is 11.6. The molecule has 2 rings (SSSR count). The highest BCUT2D eigenvalue weighted by molar-refractivity contribution is 5.75. The number of hydrogen-bond acceptors (Lipinski definition) is 5. The van der Waals surface area contributed by atoms with Crippen molar-refractivity contribution in [3.63, 3.8) is 0 Å². The summed E-state index contributed by atoms with van der Waals surface area (Å²) < 4.78 is 1.37. The molecule has 1 amide bonds. The summed E-state index contributed by atoms with van der Waals surface area (Å²) in [7, 11) is 0. The highest BCUT2D eigenvalue weighted by Crippen LogP contribution is 2.36. The molecule has 7 heteroatoms. The van der Waals surface area contributed by atoms with Crippen LogP contribution in [0.3, 0.4) is 0 Å². The summed E-state index contributed by atoms with van der Waals surface area (Å²) in [5, 5.41) is 22.8. The van der Waals surface area contributed by atoms with Gasteiger partial charge >= 0.3 is 0 Å². The van der Waals surface area contributed by atoms with Gasteiger partial charge in [0.15, 0.2) is 0 Å². The number of carbonyl (C=O) groups is 1. The summed E-state index contributed by atoms with van der Waals surface area (Å²) >= 11 is 0. The second kappa shape index (κ2) is 5.22. The summed E-state index contributed by atoms with van der Waals surface area (Å²) in [6.07, 6.45) is 5.62. The van der Waals surface area contributed by atoms with E-state index in [-0.39, 0.29) is 24.5 Å². The largest absolute Gasteiger partial charge is 0.396 e. The molecule has 0 bridgehead atoms. The molecular weight excluding hydrogens is 222 g/mol. The molecule has 0 radical (unpaired) electrons. The van der Waals surface area contributed by atoms with Crippen LogP contribution in [0.25, 0.3) is 0 Å². The fourth-order valence-corrected chi connectivity index (χ4v) is 2.26. The smallest absolute Gasteiger partial charge is 0.241 e. The molecule has 1 aliphatic carbocycles. The van der Waals surface area contributed by atoms with E-state index in [9.17, 15) is 9.90 Å². The molecule has 1 aliphatic rings. The molecule has 0 aliphatic heterocycles. The Hall–Kier alpha value is -1.50. The van der Waals surface area contributed by atoms with E-state index in [1.807, 2.05) is 0 Å². The lowest BCUT2D eigenvalue weighted by Gasteiger charge is -2.26. The maximum atomic E-state index is 11.6. The normalized spacial score (nSPS) is 18.2. The molecular formula is C10H17N5O2. The average Bonchev–Trinajstić information content (AvgIpc) is 2.98. The Morgan fingerprint density at radius 2 is 2.24 bits per heavy atom. The van der Waals surface area contributed by atoms with E-state index in [0.717, 1.165) is 25.7 Å². The Bertz CT molecular complexity index is 359. The van der Waals surface area contributed by atoms with Crippen LogP contribution in [-0.4, -0.2) is 44.4 Å². The number of amides is 1. The first kappa shape index (κ1) is 12.0. The molecule has 2 N–H and O–H groups in total. The monoisotopic (exact) mass is 239 g/mol. The number of aliphatic hydroxyl groups is 1. The first-order chi connectivity index (χ1) is 8.24. The highest BCUT2D eigenvalue weighted by Gasteiger charge is 2.33. The van der Waals surface area contributed by atoms with Gasteiger partial charge in [0.1, 0.15) is 12.9 Å². The number of nitrogens with one attached hydrogen (secondary N) is 1. The van der Waals surface area contributed by atoms with Gasteiger partial charge in [-0.1, -0.05) is 12.8 Å². The number of carbonyl (C=O) groups excluding carboxylic acids is 1. The molecule has 1 aromatic heterocycles. The maximum Gasteiger partial charge on any atom is 0.241 e. The van der Waals surface area contributed by atoms with Crippen LogP contribution in [-0.2, 0) is 11.3 Å². The number of aliphatic hydroxyl groups excluding tert-OH is 1. The van der Waals surface area contributed by atoms with Crippen molar-refractivity contribution in [1.82, 2.24) is 25.5 Å². The van der Waals surface area contributed by atoms with Crippen molar-refractivity contribution in [3.05, 3.63) is 6.33 Å². The fourth-order valence-electron chi connectivity index (χ4n) is 2.26. The second-order valence-corrected chi connectivity index (χ2v) is 4.65. The summed E-state index contributed by atoms with van der Waals surface area (Å²) in [5.74, 6) is -0.128. The van der Waals surface area contributed by atoms with Crippen molar-refractivity contribution in [1.29, 1.82) is 0 Å². The third-order valence-corrected chi connectivity index (χ3v) is 3.36. The van der Waals surface area contributed by atoms with Crippen molar-refractivity contribution in [2.75, 3.05) is 13.2 Å². The molecule has 17 heavy (non-hydrogen) atoms. The van der Waals surface area contributed by atoms with Crippen LogP contribution in [0.2, 0.25) is 0 Å². The highest BCUT2D eigenvalue weighted by atomic mass is 16.3. The minimum Gasteiger partial charge on any atom is -0.396 e. The summed E-state index contributed by atoms with van der Waals surface area (Å²) in [6, 6.07) is 0. The van der Waals surface area contributed by atoms with Gasteiger partial charge in [-0.15, -0.1) is 5.10 Å². The predicted molar refractivity (Wildman–Crippen MR) is 58.8 cm³/mol. The van der Waals surface area contributed by atoms with Crippen LogP contribution >= 0.6 is 0 Å². The average molecular weight is 239 g/mol. The van der Waals surface area contributed by atoms with Gasteiger partial charge in [-0.3, -0.25) is 4.79 Å². The van der Waals surface area contributed by atoms with Gasteiger partial charge in [0.2, 0.25) is 5.91 Å². The van der Waals surface area contributed by atoms with Gasteiger partial charge in [0.05, 0.1) is 6.61 Å². The molecule has 1 fully saturated rings. The lowest BCUT2D eigenvalue weighted by Crippen LogP contribution is -2.39. The van der Waals surface area contributed by atoms with Crippen LogP contribution in [0, 0.1) is 5.41 Å². The van der Waals surface area contributed by atoms with Crippen molar-refractivity contribution in [2.45, 2.75) is 32.2 Å². The van der Waals surface area contributed by atoms with Crippen LogP contribution in [0.15, 0.2) is 6.33 Å². The van der Waals surface area contributed by atoms with Crippen LogP contribution in [0.4, 0.5) is 0 Å². The van der Waals surface area contributed by atoms with E-state index >= 15 is 0 Å². The molecule has 0 atom stereocenters. The molecule has 7 nitrogen and oxygen atoms in total. The standard InChI is InChI=1S/C10H17N5O2/c16-7-10(3-1-2-4-10)6-11-9(17)5-15-8-12-13-14-15/h8,16H,1-7H2,(H,11,17). The van der Waals surface area contributed by atoms with Gasteiger partial charge in [-0.25, -0.2) is 4.68 Å². The number of hydrogen-bond donors (Lipinski definition) is 2. The van der Waals surface area contributed by atoms with Crippen molar-refractivity contribution < 1.29 is 9.90 Å². The first-order valence-corrected chi connectivity index (χ1v) is 5.82. The van der Waals surface area contributed by atoms with E-state index in [1.165, 1.54) is 11.0 Å². The van der Waals surface area contributed by atoms with Gasteiger partial charge in [-0.05, 0) is 23.3 Å². The number of tetrazole rings is 1. The number of aromatic nitrogens is 4. The van der Waals surface area contributed by atoms with Gasteiger partial charge in [-0.2, -0.15) is 0 Å². The third-order valence-electron chi connectivity index (χ3n) is 3.36. The SMILES string of the molecule is O=C(Cn1cnnn1)NCC1(CO)CCCC1. The Labute approximate surface area is 99.2 Å². The molecule has 0 unspecified atom stereocenters. The minimum atomic E-state index is -0.128. The molecule has 1 saturated carbocycles. The minimum absolute atomic E-state index is 0.115. The zero-order valence-corrected chi connectivity index (χ0v) is 9.67. The van der Waals surface area contributed by atoms with E-state index in [0.29, 0.717) is 6.54 Å². The lowest BCUT2D eigenvalue weighted by atomic mass is 9.87. The zero-order valence-electron chi connectivity index (χ0n) is 9.67.